The van der Waals surface area contributed by atoms with Crippen molar-refractivity contribution in [2.45, 2.75) is 0 Å². The molecule has 0 unspecified atom stereocenters. The molecule has 0 atom stereocenters. The quantitative estimate of drug-likeness (QED) is 0.256. The van der Waals surface area contributed by atoms with Gasteiger partial charge in [0.25, 0.3) is 0 Å². The minimum atomic E-state index is 0.218. The van der Waals surface area contributed by atoms with Gasteiger partial charge in [-0.25, -0.2) is 0 Å². The number of hydrogen-bond acceptors (Lipinski definition) is 1. The van der Waals surface area contributed by atoms with Crippen molar-refractivity contribution in [3.63, 3.8) is 0 Å². The Balaban J connectivity index is 1.80. The van der Waals surface area contributed by atoms with Crippen molar-refractivity contribution in [2.24, 2.45) is 0 Å². The van der Waals surface area contributed by atoms with E-state index in [1.807, 2.05) is 6.20 Å². The van der Waals surface area contributed by atoms with Crippen LogP contribution in [0.3, 0.4) is 0 Å². The minimum absolute atomic E-state index is 0.218. The molecule has 30 heavy (non-hydrogen) atoms. The summed E-state index contributed by atoms with van der Waals surface area (Å²) in [6, 6.07) is 32.9. The summed E-state index contributed by atoms with van der Waals surface area (Å²) in [6.07, 6.45) is 1.97. The zero-order chi connectivity index (χ0) is 19.7. The van der Waals surface area contributed by atoms with Gasteiger partial charge < -0.3 is 0 Å². The third-order valence-electron chi connectivity index (χ3n) is 6.00. The Labute approximate surface area is 178 Å². The molecule has 0 bridgehead atoms. The van der Waals surface area contributed by atoms with Crippen molar-refractivity contribution in [3.8, 4) is 5.69 Å². The topological polar surface area (TPSA) is 17.8 Å². The fourth-order valence-corrected chi connectivity index (χ4v) is 7.12. The van der Waals surface area contributed by atoms with E-state index >= 15 is 0 Å². The molecular formula is C27H16N2Se. The van der Waals surface area contributed by atoms with Gasteiger partial charge in [0, 0.05) is 0 Å². The van der Waals surface area contributed by atoms with Gasteiger partial charge in [-0.1, -0.05) is 0 Å². The van der Waals surface area contributed by atoms with Crippen LogP contribution in [-0.4, -0.2) is 24.1 Å². The zero-order valence-electron chi connectivity index (χ0n) is 16.0. The monoisotopic (exact) mass is 448 g/mol. The summed E-state index contributed by atoms with van der Waals surface area (Å²) in [5, 5.41) is 6.50. The molecule has 0 saturated carbocycles. The summed E-state index contributed by atoms with van der Waals surface area (Å²) in [5.41, 5.74) is 4.80. The van der Waals surface area contributed by atoms with Crippen molar-refractivity contribution < 1.29 is 0 Å². The molecule has 0 aliphatic rings. The number of pyridine rings is 1. The first-order chi connectivity index (χ1) is 14.9. The molecule has 0 spiro atoms. The van der Waals surface area contributed by atoms with Crippen molar-refractivity contribution in [1.29, 1.82) is 0 Å². The standard InChI is InChI=1S/C27H16N2Se/c1-2-9-19(10-3-1)29-21-11-6-12-23-25(21)26-22(29)13-14-28-27(26)20-15-17-7-4-5-8-18(17)16-24(20)30-23/h1-16H. The van der Waals surface area contributed by atoms with Gasteiger partial charge in [-0.15, -0.1) is 0 Å². The van der Waals surface area contributed by atoms with Crippen LogP contribution in [0, 0.1) is 0 Å². The molecule has 4 aromatic carbocycles. The number of para-hydroxylation sites is 1. The second-order valence-corrected chi connectivity index (χ2v) is 9.95. The summed E-state index contributed by atoms with van der Waals surface area (Å²) in [6.45, 7) is 0. The molecule has 2 nitrogen and oxygen atoms in total. The van der Waals surface area contributed by atoms with Crippen molar-refractivity contribution in [2.75, 3.05) is 0 Å². The number of rotatable bonds is 1. The average Bonchev–Trinajstić information content (AvgIpc) is 3.07. The van der Waals surface area contributed by atoms with E-state index in [0.29, 0.717) is 0 Å². The first-order valence-electron chi connectivity index (χ1n) is 10.1. The fraction of sp³-hybridized carbons (Fsp3) is 0. The van der Waals surface area contributed by atoms with E-state index in [1.54, 1.807) is 0 Å². The van der Waals surface area contributed by atoms with Gasteiger partial charge in [-0.3, -0.25) is 0 Å². The summed E-state index contributed by atoms with van der Waals surface area (Å²) in [7, 11) is 0. The van der Waals surface area contributed by atoms with Gasteiger partial charge in [-0.05, 0) is 0 Å². The second-order valence-electron chi connectivity index (χ2n) is 7.67. The number of nitrogens with zero attached hydrogens (tertiary/aromatic N) is 2. The van der Waals surface area contributed by atoms with Crippen LogP contribution in [-0.2, 0) is 0 Å². The molecule has 7 aromatic rings. The fourth-order valence-electron chi connectivity index (χ4n) is 4.72. The van der Waals surface area contributed by atoms with Crippen LogP contribution in [0.1, 0.15) is 0 Å². The van der Waals surface area contributed by atoms with E-state index in [9.17, 15) is 0 Å². The number of fused-ring (bicyclic) bond motifs is 3. The molecule has 7 rings (SSSR count). The molecule has 3 aromatic heterocycles. The predicted octanol–water partition coefficient (Wildman–Crippen LogP) is 6.70. The summed E-state index contributed by atoms with van der Waals surface area (Å²) < 4.78 is 5.24. The van der Waals surface area contributed by atoms with Crippen molar-refractivity contribution >= 4 is 66.5 Å². The van der Waals surface area contributed by atoms with Crippen LogP contribution in [0.2, 0.25) is 0 Å². The van der Waals surface area contributed by atoms with Crippen LogP contribution >= 0.6 is 0 Å². The van der Waals surface area contributed by atoms with Gasteiger partial charge >= 0.3 is 179 Å². The van der Waals surface area contributed by atoms with Crippen LogP contribution in [0.5, 0.6) is 0 Å². The van der Waals surface area contributed by atoms with Crippen molar-refractivity contribution in [3.05, 3.63) is 97.2 Å². The summed E-state index contributed by atoms with van der Waals surface area (Å²) >= 11 is 0.218. The zero-order valence-corrected chi connectivity index (χ0v) is 17.8. The molecule has 0 aliphatic heterocycles. The SMILES string of the molecule is c1ccc(-n2c3cccc4[se]c5cc6ccccc6cc5c5nccc2c5c43)cc1. The maximum absolute atomic E-state index is 4.93. The number of hydrogen-bond donors (Lipinski definition) is 0. The van der Waals surface area contributed by atoms with Gasteiger partial charge in [-0.2, -0.15) is 0 Å². The summed E-state index contributed by atoms with van der Waals surface area (Å²) in [5.74, 6) is 0. The third kappa shape index (κ3) is 2.16. The molecule has 0 amide bonds. The molecular weight excluding hydrogens is 431 g/mol. The summed E-state index contributed by atoms with van der Waals surface area (Å²) in [4.78, 5) is 4.93. The average molecular weight is 447 g/mol. The van der Waals surface area contributed by atoms with E-state index in [1.165, 1.54) is 52.2 Å². The van der Waals surface area contributed by atoms with Crippen LogP contribution in [0.25, 0.3) is 57.7 Å². The van der Waals surface area contributed by atoms with Gasteiger partial charge in [0.2, 0.25) is 0 Å². The maximum atomic E-state index is 4.93. The van der Waals surface area contributed by atoms with Crippen LogP contribution in [0.15, 0.2) is 97.2 Å². The molecule has 0 radical (unpaired) electrons. The molecule has 0 fully saturated rings. The Morgan fingerprint density at radius 1 is 0.633 bits per heavy atom. The number of aromatic nitrogens is 2. The Morgan fingerprint density at radius 3 is 2.27 bits per heavy atom. The van der Waals surface area contributed by atoms with Crippen LogP contribution < -0.4 is 0 Å². The molecule has 3 heterocycles. The van der Waals surface area contributed by atoms with E-state index in [2.05, 4.69) is 95.6 Å². The van der Waals surface area contributed by atoms with Crippen LogP contribution in [0.4, 0.5) is 0 Å². The molecule has 0 aliphatic carbocycles. The molecule has 0 saturated heterocycles. The van der Waals surface area contributed by atoms with E-state index < -0.39 is 0 Å². The predicted molar refractivity (Wildman–Crippen MR) is 128 cm³/mol. The van der Waals surface area contributed by atoms with Gasteiger partial charge in [0.05, 0.1) is 0 Å². The molecule has 140 valence electrons. The van der Waals surface area contributed by atoms with Crippen molar-refractivity contribution in [1.82, 2.24) is 9.55 Å². The Bertz CT molecular complexity index is 1740. The van der Waals surface area contributed by atoms with E-state index in [0.717, 1.165) is 5.52 Å². The first kappa shape index (κ1) is 16.4. The van der Waals surface area contributed by atoms with Gasteiger partial charge in [0.1, 0.15) is 0 Å². The third-order valence-corrected chi connectivity index (χ3v) is 8.35. The number of benzene rings is 4. The Morgan fingerprint density at radius 2 is 1.40 bits per heavy atom. The second kappa shape index (κ2) is 6.06. The van der Waals surface area contributed by atoms with E-state index in [-0.39, 0.29) is 14.5 Å². The van der Waals surface area contributed by atoms with E-state index in [4.69, 9.17) is 4.98 Å². The Kier molecular flexibility index (Phi) is 3.31. The molecule has 3 heteroatoms. The van der Waals surface area contributed by atoms with Gasteiger partial charge in [0.15, 0.2) is 0 Å². The normalized spacial score (nSPS) is 12.0. The Hall–Kier alpha value is -3.39. The molecule has 0 N–H and O–H groups in total. The first-order valence-corrected chi connectivity index (χ1v) is 11.8.